The Bertz CT molecular complexity index is 664. The molecule has 2 aromatic rings. The number of thiocarbonyl (C=S) groups is 1. The van der Waals surface area contributed by atoms with Crippen molar-refractivity contribution in [3.63, 3.8) is 0 Å². The SMILES string of the molecule is NC(=S)c1cc(F)ccc1COc1cc(F)ccc1Br. The van der Waals surface area contributed by atoms with E-state index < -0.39 is 11.6 Å². The Labute approximate surface area is 128 Å². The fourth-order valence-corrected chi connectivity index (χ4v) is 2.20. The quantitative estimate of drug-likeness (QED) is 0.841. The second-order valence-corrected chi connectivity index (χ2v) is 5.32. The fourth-order valence-electron chi connectivity index (χ4n) is 1.65. The normalized spacial score (nSPS) is 10.3. The maximum atomic E-state index is 13.2. The van der Waals surface area contributed by atoms with Gasteiger partial charge in [0.2, 0.25) is 0 Å². The van der Waals surface area contributed by atoms with Gasteiger partial charge in [-0.05, 0) is 45.8 Å². The number of nitrogens with two attached hydrogens (primary N) is 1. The third kappa shape index (κ3) is 3.52. The number of benzene rings is 2. The predicted octanol–water partition coefficient (Wildman–Crippen LogP) is 3.94. The summed E-state index contributed by atoms with van der Waals surface area (Å²) in [6.07, 6.45) is 0. The van der Waals surface area contributed by atoms with Gasteiger partial charge in [0.05, 0.1) is 4.47 Å². The first-order valence-corrected chi connectivity index (χ1v) is 6.83. The van der Waals surface area contributed by atoms with E-state index in [0.29, 0.717) is 21.3 Å². The van der Waals surface area contributed by atoms with Gasteiger partial charge in [-0.1, -0.05) is 18.3 Å². The van der Waals surface area contributed by atoms with E-state index in [9.17, 15) is 8.78 Å². The minimum Gasteiger partial charge on any atom is -0.488 e. The van der Waals surface area contributed by atoms with Gasteiger partial charge in [0.1, 0.15) is 29.0 Å². The van der Waals surface area contributed by atoms with Crippen molar-refractivity contribution in [2.24, 2.45) is 5.73 Å². The molecular weight excluding hydrogens is 348 g/mol. The van der Waals surface area contributed by atoms with E-state index in [0.717, 1.165) is 0 Å². The van der Waals surface area contributed by atoms with E-state index in [1.165, 1.54) is 30.3 Å². The van der Waals surface area contributed by atoms with Crippen LogP contribution >= 0.6 is 28.1 Å². The zero-order chi connectivity index (χ0) is 14.7. The first-order chi connectivity index (χ1) is 9.47. The summed E-state index contributed by atoms with van der Waals surface area (Å²) in [5, 5.41) is 0. The van der Waals surface area contributed by atoms with Gasteiger partial charge in [0, 0.05) is 11.6 Å². The highest BCUT2D eigenvalue weighted by Crippen LogP contribution is 2.26. The summed E-state index contributed by atoms with van der Waals surface area (Å²) in [6.45, 7) is 0.106. The summed E-state index contributed by atoms with van der Waals surface area (Å²) in [7, 11) is 0. The molecule has 0 heterocycles. The molecule has 0 aliphatic heterocycles. The van der Waals surface area contributed by atoms with Crippen molar-refractivity contribution in [3.8, 4) is 5.75 Å². The van der Waals surface area contributed by atoms with Crippen LogP contribution in [-0.2, 0) is 6.61 Å². The summed E-state index contributed by atoms with van der Waals surface area (Å²) < 4.78 is 32.4. The van der Waals surface area contributed by atoms with Crippen molar-refractivity contribution in [1.82, 2.24) is 0 Å². The Balaban J connectivity index is 2.23. The van der Waals surface area contributed by atoms with Crippen LogP contribution in [0.15, 0.2) is 40.9 Å². The van der Waals surface area contributed by atoms with E-state index in [4.69, 9.17) is 22.7 Å². The smallest absolute Gasteiger partial charge is 0.136 e. The molecule has 2 rings (SSSR count). The van der Waals surface area contributed by atoms with E-state index >= 15 is 0 Å². The van der Waals surface area contributed by atoms with Gasteiger partial charge < -0.3 is 10.5 Å². The van der Waals surface area contributed by atoms with Crippen molar-refractivity contribution < 1.29 is 13.5 Å². The number of hydrogen-bond donors (Lipinski definition) is 1. The van der Waals surface area contributed by atoms with E-state index in [1.807, 2.05) is 0 Å². The predicted molar refractivity (Wildman–Crippen MR) is 80.7 cm³/mol. The molecule has 0 saturated carbocycles. The first kappa shape index (κ1) is 14.9. The molecule has 0 aromatic heterocycles. The summed E-state index contributed by atoms with van der Waals surface area (Å²) in [5.41, 5.74) is 6.59. The summed E-state index contributed by atoms with van der Waals surface area (Å²) in [6, 6.07) is 8.20. The van der Waals surface area contributed by atoms with Crippen LogP contribution in [-0.4, -0.2) is 4.99 Å². The molecule has 0 fully saturated rings. The molecule has 0 saturated heterocycles. The summed E-state index contributed by atoms with van der Waals surface area (Å²) in [5.74, 6) is -0.483. The minimum absolute atomic E-state index is 0.0846. The molecule has 6 heteroatoms. The largest absolute Gasteiger partial charge is 0.488 e. The third-order valence-electron chi connectivity index (χ3n) is 2.61. The van der Waals surface area contributed by atoms with Crippen LogP contribution in [0.3, 0.4) is 0 Å². The fraction of sp³-hybridized carbons (Fsp3) is 0.0714. The lowest BCUT2D eigenvalue weighted by Crippen LogP contribution is -2.14. The molecule has 0 bridgehead atoms. The first-order valence-electron chi connectivity index (χ1n) is 5.63. The van der Waals surface area contributed by atoms with Crippen molar-refractivity contribution in [2.75, 3.05) is 0 Å². The Kier molecular flexibility index (Phi) is 4.67. The molecule has 0 amide bonds. The molecule has 0 aliphatic carbocycles. The highest BCUT2D eigenvalue weighted by molar-refractivity contribution is 9.10. The maximum absolute atomic E-state index is 13.2. The number of hydrogen-bond acceptors (Lipinski definition) is 2. The van der Waals surface area contributed by atoms with Crippen LogP contribution in [0, 0.1) is 11.6 Å². The zero-order valence-electron chi connectivity index (χ0n) is 10.2. The topological polar surface area (TPSA) is 35.2 Å². The highest BCUT2D eigenvalue weighted by Gasteiger charge is 2.09. The third-order valence-corrected chi connectivity index (χ3v) is 3.49. The lowest BCUT2D eigenvalue weighted by atomic mass is 10.1. The van der Waals surface area contributed by atoms with E-state index in [-0.39, 0.29) is 11.6 Å². The standard InChI is InChI=1S/C14H10BrF2NOS/c15-12-4-3-10(17)6-13(12)19-7-8-1-2-9(16)5-11(8)14(18)20/h1-6H,7H2,(H2,18,20). The highest BCUT2D eigenvalue weighted by atomic mass is 79.9. The van der Waals surface area contributed by atoms with Crippen LogP contribution in [0.4, 0.5) is 8.78 Å². The van der Waals surface area contributed by atoms with Crippen LogP contribution in [0.25, 0.3) is 0 Å². The maximum Gasteiger partial charge on any atom is 0.136 e. The van der Waals surface area contributed by atoms with Gasteiger partial charge >= 0.3 is 0 Å². The molecular formula is C14H10BrF2NOS. The number of rotatable bonds is 4. The molecule has 0 spiro atoms. The molecule has 2 N–H and O–H groups in total. The Morgan fingerprint density at radius 2 is 1.80 bits per heavy atom. The Morgan fingerprint density at radius 1 is 1.15 bits per heavy atom. The molecule has 2 nitrogen and oxygen atoms in total. The van der Waals surface area contributed by atoms with Gasteiger partial charge in [-0.25, -0.2) is 8.78 Å². The number of ether oxygens (including phenoxy) is 1. The molecule has 2 aromatic carbocycles. The molecule has 20 heavy (non-hydrogen) atoms. The van der Waals surface area contributed by atoms with E-state index in [1.54, 1.807) is 6.07 Å². The van der Waals surface area contributed by atoms with Crippen LogP contribution in [0.2, 0.25) is 0 Å². The van der Waals surface area contributed by atoms with Crippen molar-refractivity contribution in [2.45, 2.75) is 6.61 Å². The Hall–Kier alpha value is -1.53. The number of halogens is 3. The minimum atomic E-state index is -0.427. The van der Waals surface area contributed by atoms with Crippen LogP contribution < -0.4 is 10.5 Å². The van der Waals surface area contributed by atoms with Gasteiger partial charge in [0.25, 0.3) is 0 Å². The van der Waals surface area contributed by atoms with Gasteiger partial charge in [-0.15, -0.1) is 0 Å². The van der Waals surface area contributed by atoms with Crippen LogP contribution in [0.1, 0.15) is 11.1 Å². The van der Waals surface area contributed by atoms with Crippen molar-refractivity contribution in [3.05, 3.63) is 63.6 Å². The molecule has 0 unspecified atom stereocenters. The van der Waals surface area contributed by atoms with Crippen LogP contribution in [0.5, 0.6) is 5.75 Å². The summed E-state index contributed by atoms with van der Waals surface area (Å²) >= 11 is 8.13. The second kappa shape index (κ2) is 6.28. The molecule has 0 atom stereocenters. The lowest BCUT2D eigenvalue weighted by molar-refractivity contribution is 0.302. The van der Waals surface area contributed by atoms with Crippen molar-refractivity contribution in [1.29, 1.82) is 0 Å². The van der Waals surface area contributed by atoms with Gasteiger partial charge in [-0.2, -0.15) is 0 Å². The van der Waals surface area contributed by atoms with Crippen molar-refractivity contribution >= 4 is 33.1 Å². The molecule has 0 aliphatic rings. The monoisotopic (exact) mass is 357 g/mol. The summed E-state index contributed by atoms with van der Waals surface area (Å²) in [4.78, 5) is 0.0846. The second-order valence-electron chi connectivity index (χ2n) is 4.03. The molecule has 0 radical (unpaired) electrons. The van der Waals surface area contributed by atoms with Gasteiger partial charge in [0.15, 0.2) is 0 Å². The van der Waals surface area contributed by atoms with Gasteiger partial charge in [-0.3, -0.25) is 0 Å². The van der Waals surface area contributed by atoms with E-state index in [2.05, 4.69) is 15.9 Å². The average Bonchev–Trinajstić information content (AvgIpc) is 2.40. The average molecular weight is 358 g/mol. The zero-order valence-corrected chi connectivity index (χ0v) is 12.6. The molecule has 104 valence electrons. The lowest BCUT2D eigenvalue weighted by Gasteiger charge is -2.11. The Morgan fingerprint density at radius 3 is 2.50 bits per heavy atom.